The van der Waals surface area contributed by atoms with E-state index in [9.17, 15) is 9.18 Å². The van der Waals surface area contributed by atoms with E-state index in [1.807, 2.05) is 0 Å². The molecule has 6 heteroatoms. The van der Waals surface area contributed by atoms with Crippen molar-refractivity contribution in [1.82, 2.24) is 4.98 Å². The standard InChI is InChI=1S/C13H11ClFNO2S/c1-7(2)18-12(17)10-11(19-13(14)16-10)8-3-5-9(15)6-4-8/h3-7H,1-2H3. The first kappa shape index (κ1) is 14.0. The van der Waals surface area contributed by atoms with Gasteiger partial charge in [0.2, 0.25) is 0 Å². The van der Waals surface area contributed by atoms with Gasteiger partial charge in [0.15, 0.2) is 10.2 Å². The molecule has 2 aromatic rings. The van der Waals surface area contributed by atoms with Crippen molar-refractivity contribution in [2.45, 2.75) is 20.0 Å². The molecule has 0 atom stereocenters. The zero-order chi connectivity index (χ0) is 14.0. The second kappa shape index (κ2) is 5.67. The summed E-state index contributed by atoms with van der Waals surface area (Å²) in [4.78, 5) is 16.5. The molecular weight excluding hydrogens is 289 g/mol. The van der Waals surface area contributed by atoms with Crippen molar-refractivity contribution in [2.24, 2.45) is 0 Å². The van der Waals surface area contributed by atoms with E-state index in [2.05, 4.69) is 4.98 Å². The van der Waals surface area contributed by atoms with E-state index in [1.54, 1.807) is 26.0 Å². The Labute approximate surface area is 119 Å². The lowest BCUT2D eigenvalue weighted by Gasteiger charge is -2.07. The molecule has 19 heavy (non-hydrogen) atoms. The van der Waals surface area contributed by atoms with Gasteiger partial charge in [0.25, 0.3) is 0 Å². The van der Waals surface area contributed by atoms with Crippen LogP contribution in [0.15, 0.2) is 24.3 Å². The zero-order valence-corrected chi connectivity index (χ0v) is 11.9. The topological polar surface area (TPSA) is 39.2 Å². The van der Waals surface area contributed by atoms with Crippen LogP contribution in [0.1, 0.15) is 24.3 Å². The maximum Gasteiger partial charge on any atom is 0.358 e. The number of thiazole rings is 1. The molecule has 1 aromatic heterocycles. The monoisotopic (exact) mass is 299 g/mol. The molecule has 0 N–H and O–H groups in total. The lowest BCUT2D eigenvalue weighted by Crippen LogP contribution is -2.12. The summed E-state index contributed by atoms with van der Waals surface area (Å²) in [7, 11) is 0. The van der Waals surface area contributed by atoms with Crippen LogP contribution >= 0.6 is 22.9 Å². The van der Waals surface area contributed by atoms with Crippen LogP contribution in [0.2, 0.25) is 4.47 Å². The highest BCUT2D eigenvalue weighted by atomic mass is 35.5. The molecule has 1 aromatic carbocycles. The molecule has 0 unspecified atom stereocenters. The Morgan fingerprint density at radius 1 is 1.37 bits per heavy atom. The second-order valence-electron chi connectivity index (χ2n) is 4.11. The number of esters is 1. The third-order valence-electron chi connectivity index (χ3n) is 2.24. The number of ether oxygens (including phenoxy) is 1. The summed E-state index contributed by atoms with van der Waals surface area (Å²) in [6.45, 7) is 3.51. The molecule has 1 heterocycles. The van der Waals surface area contributed by atoms with Crippen LogP contribution < -0.4 is 0 Å². The normalized spacial score (nSPS) is 10.8. The SMILES string of the molecule is CC(C)OC(=O)c1nc(Cl)sc1-c1ccc(F)cc1. The Bertz CT molecular complexity index is 595. The maximum atomic E-state index is 12.9. The van der Waals surface area contributed by atoms with E-state index in [0.717, 1.165) is 11.3 Å². The van der Waals surface area contributed by atoms with Crippen molar-refractivity contribution in [3.63, 3.8) is 0 Å². The predicted molar refractivity (Wildman–Crippen MR) is 73.1 cm³/mol. The van der Waals surface area contributed by atoms with Crippen LogP contribution in [0.4, 0.5) is 4.39 Å². The van der Waals surface area contributed by atoms with Crippen molar-refractivity contribution in [2.75, 3.05) is 0 Å². The van der Waals surface area contributed by atoms with Crippen LogP contribution in [-0.2, 0) is 4.74 Å². The number of halogens is 2. The van der Waals surface area contributed by atoms with Crippen LogP contribution in [-0.4, -0.2) is 17.1 Å². The van der Waals surface area contributed by atoms with Crippen molar-refractivity contribution in [1.29, 1.82) is 0 Å². The van der Waals surface area contributed by atoms with Gasteiger partial charge in [-0.2, -0.15) is 0 Å². The molecule has 2 rings (SSSR count). The van der Waals surface area contributed by atoms with Gasteiger partial charge in [-0.25, -0.2) is 14.2 Å². The minimum atomic E-state index is -0.530. The molecule has 100 valence electrons. The summed E-state index contributed by atoms with van der Waals surface area (Å²) in [6, 6.07) is 5.79. The summed E-state index contributed by atoms with van der Waals surface area (Å²) in [5, 5.41) is 0. The predicted octanol–water partition coefficient (Wildman–Crippen LogP) is 4.17. The van der Waals surface area contributed by atoms with Crippen LogP contribution in [0.25, 0.3) is 10.4 Å². The minimum Gasteiger partial charge on any atom is -0.458 e. The fraction of sp³-hybridized carbons (Fsp3) is 0.231. The molecule has 3 nitrogen and oxygen atoms in total. The van der Waals surface area contributed by atoms with Crippen LogP contribution in [0.3, 0.4) is 0 Å². The molecule has 0 bridgehead atoms. The average molecular weight is 300 g/mol. The lowest BCUT2D eigenvalue weighted by molar-refractivity contribution is 0.0373. The fourth-order valence-corrected chi connectivity index (χ4v) is 2.60. The van der Waals surface area contributed by atoms with Gasteiger partial charge in [-0.15, -0.1) is 11.3 Å². The van der Waals surface area contributed by atoms with Crippen LogP contribution in [0.5, 0.6) is 0 Å². The summed E-state index contributed by atoms with van der Waals surface area (Å²) in [5.41, 5.74) is 0.844. The van der Waals surface area contributed by atoms with Crippen molar-refractivity contribution >= 4 is 28.9 Å². The van der Waals surface area contributed by atoms with Gasteiger partial charge in [0, 0.05) is 0 Å². The lowest BCUT2D eigenvalue weighted by atomic mass is 10.1. The van der Waals surface area contributed by atoms with Gasteiger partial charge in [0.1, 0.15) is 5.82 Å². The molecule has 0 aliphatic carbocycles. The quantitative estimate of drug-likeness (QED) is 0.799. The van der Waals surface area contributed by atoms with Gasteiger partial charge >= 0.3 is 5.97 Å². The van der Waals surface area contributed by atoms with Gasteiger partial charge in [-0.3, -0.25) is 0 Å². The van der Waals surface area contributed by atoms with Gasteiger partial charge in [-0.05, 0) is 31.5 Å². The highest BCUT2D eigenvalue weighted by Gasteiger charge is 2.21. The summed E-state index contributed by atoms with van der Waals surface area (Å²) < 4.78 is 18.3. The number of nitrogens with zero attached hydrogens (tertiary/aromatic N) is 1. The molecule has 0 fully saturated rings. The Balaban J connectivity index is 2.41. The molecule has 0 saturated carbocycles. The highest BCUT2D eigenvalue weighted by molar-refractivity contribution is 7.19. The molecule has 0 amide bonds. The van der Waals surface area contributed by atoms with E-state index in [1.165, 1.54) is 12.1 Å². The smallest absolute Gasteiger partial charge is 0.358 e. The van der Waals surface area contributed by atoms with Gasteiger partial charge in [-0.1, -0.05) is 23.7 Å². The van der Waals surface area contributed by atoms with E-state index >= 15 is 0 Å². The number of benzene rings is 1. The number of carbonyl (C=O) groups excluding carboxylic acids is 1. The number of carbonyl (C=O) groups is 1. The third-order valence-corrected chi connectivity index (χ3v) is 3.45. The zero-order valence-electron chi connectivity index (χ0n) is 10.3. The number of rotatable bonds is 3. The Morgan fingerprint density at radius 2 is 2.00 bits per heavy atom. The average Bonchev–Trinajstić information content (AvgIpc) is 2.71. The Hall–Kier alpha value is -1.46. The van der Waals surface area contributed by atoms with Crippen LogP contribution in [0, 0.1) is 5.82 Å². The minimum absolute atomic E-state index is 0.162. The van der Waals surface area contributed by atoms with E-state index < -0.39 is 5.97 Å². The Morgan fingerprint density at radius 3 is 2.58 bits per heavy atom. The largest absolute Gasteiger partial charge is 0.458 e. The second-order valence-corrected chi connectivity index (χ2v) is 5.69. The van der Waals surface area contributed by atoms with E-state index in [-0.39, 0.29) is 22.1 Å². The van der Waals surface area contributed by atoms with E-state index in [4.69, 9.17) is 16.3 Å². The first-order valence-corrected chi connectivity index (χ1v) is 6.80. The molecule has 0 aliphatic rings. The van der Waals surface area contributed by atoms with Crippen molar-refractivity contribution in [3.8, 4) is 10.4 Å². The molecule has 0 spiro atoms. The first-order chi connectivity index (χ1) is 8.97. The van der Waals surface area contributed by atoms with E-state index in [0.29, 0.717) is 10.4 Å². The van der Waals surface area contributed by atoms with Crippen molar-refractivity contribution in [3.05, 3.63) is 40.2 Å². The maximum absolute atomic E-state index is 12.9. The number of hydrogen-bond donors (Lipinski definition) is 0. The fourth-order valence-electron chi connectivity index (χ4n) is 1.50. The molecular formula is C13H11ClFNO2S. The van der Waals surface area contributed by atoms with Gasteiger partial charge in [0.05, 0.1) is 11.0 Å². The molecule has 0 aliphatic heterocycles. The summed E-state index contributed by atoms with van der Waals surface area (Å²) >= 11 is 7.01. The number of hydrogen-bond acceptors (Lipinski definition) is 4. The molecule has 0 radical (unpaired) electrons. The molecule has 0 saturated heterocycles. The van der Waals surface area contributed by atoms with Crippen molar-refractivity contribution < 1.29 is 13.9 Å². The van der Waals surface area contributed by atoms with Gasteiger partial charge < -0.3 is 4.74 Å². The Kier molecular flexibility index (Phi) is 4.17. The third kappa shape index (κ3) is 3.30. The summed E-state index contributed by atoms with van der Waals surface area (Å²) in [6.07, 6.45) is -0.242. The highest BCUT2D eigenvalue weighted by Crippen LogP contribution is 2.33. The number of aromatic nitrogens is 1. The first-order valence-electron chi connectivity index (χ1n) is 5.60. The summed E-state index contributed by atoms with van der Waals surface area (Å²) in [5.74, 6) is -0.872.